The highest BCUT2D eigenvalue weighted by Crippen LogP contribution is 2.32. The molecule has 1 aromatic rings. The summed E-state index contributed by atoms with van der Waals surface area (Å²) in [6.45, 7) is 1.20. The first kappa shape index (κ1) is 18.2. The molecule has 0 radical (unpaired) electrons. The minimum absolute atomic E-state index is 0.00481. The Morgan fingerprint density at radius 3 is 2.44 bits per heavy atom. The molecule has 1 atom stereocenters. The van der Waals surface area contributed by atoms with E-state index in [4.69, 9.17) is 0 Å². The smallest absolute Gasteiger partial charge is 0.322 e. The molecule has 1 aliphatic heterocycles. The number of rotatable bonds is 4. The normalized spacial score (nSPS) is 22.5. The number of likely N-dealkylation sites (tertiary alicyclic amines) is 1. The molecule has 0 unspecified atom stereocenters. The quantitative estimate of drug-likeness (QED) is 0.874. The Labute approximate surface area is 149 Å². The summed E-state index contributed by atoms with van der Waals surface area (Å²) < 4.78 is 27.9. The summed E-state index contributed by atoms with van der Waals surface area (Å²) in [6, 6.07) is 1.74. The van der Waals surface area contributed by atoms with Gasteiger partial charge in [0.25, 0.3) is 0 Å². The Morgan fingerprint density at radius 2 is 1.88 bits per heavy atom. The van der Waals surface area contributed by atoms with Crippen LogP contribution in [0.4, 0.5) is 10.6 Å². The number of sulfonamides is 1. The third kappa shape index (κ3) is 4.14. The molecule has 8 nitrogen and oxygen atoms in total. The Bertz CT molecular complexity index is 713. The van der Waals surface area contributed by atoms with Crippen LogP contribution >= 0.6 is 0 Å². The Balaban J connectivity index is 1.63. The van der Waals surface area contributed by atoms with Crippen molar-refractivity contribution < 1.29 is 13.2 Å². The van der Waals surface area contributed by atoms with Crippen LogP contribution < -0.4 is 5.32 Å². The van der Waals surface area contributed by atoms with Crippen molar-refractivity contribution in [2.45, 2.75) is 50.6 Å². The number of aryl methyl sites for hydroxylation is 1. The summed E-state index contributed by atoms with van der Waals surface area (Å²) in [5, 5.41) is 6.90. The number of aromatic nitrogens is 2. The topological polar surface area (TPSA) is 87.5 Å². The highest BCUT2D eigenvalue weighted by Gasteiger charge is 2.37. The van der Waals surface area contributed by atoms with Crippen LogP contribution in [0.1, 0.15) is 38.5 Å². The Hall–Kier alpha value is -1.61. The summed E-state index contributed by atoms with van der Waals surface area (Å²) in [6.07, 6.45) is 8.24. The van der Waals surface area contributed by atoms with E-state index in [9.17, 15) is 13.2 Å². The van der Waals surface area contributed by atoms with Gasteiger partial charge in [-0.25, -0.2) is 13.2 Å². The van der Waals surface area contributed by atoms with Gasteiger partial charge in [-0.05, 0) is 32.1 Å². The standard InChI is InChI=1S/C16H27N5O3S/c1-19-15(8-10-17-19)18-16(22)20-11-4-7-14(9-12-20)21(25(2,23)24)13-5-3-6-13/h8,10,13-14H,3-7,9,11-12H2,1-2H3,(H,18,22)/t14-/m0/s1. The lowest BCUT2D eigenvalue weighted by Crippen LogP contribution is -2.50. The van der Waals surface area contributed by atoms with E-state index in [1.54, 1.807) is 33.2 Å². The molecule has 0 spiro atoms. The third-order valence-corrected chi connectivity index (χ3v) is 6.58. The average molecular weight is 369 g/mol. The maximum Gasteiger partial charge on any atom is 0.322 e. The van der Waals surface area contributed by atoms with Crippen LogP contribution in [-0.2, 0) is 17.1 Å². The molecule has 0 aromatic carbocycles. The maximum atomic E-state index is 12.5. The lowest BCUT2D eigenvalue weighted by molar-refractivity contribution is 0.162. The van der Waals surface area contributed by atoms with Gasteiger partial charge < -0.3 is 4.90 Å². The van der Waals surface area contributed by atoms with Crippen molar-refractivity contribution >= 4 is 21.9 Å². The molecule has 3 rings (SSSR count). The molecule has 0 bridgehead atoms. The van der Waals surface area contributed by atoms with Crippen LogP contribution in [0, 0.1) is 0 Å². The van der Waals surface area contributed by atoms with Crippen molar-refractivity contribution in [2.24, 2.45) is 7.05 Å². The van der Waals surface area contributed by atoms with E-state index in [2.05, 4.69) is 10.4 Å². The van der Waals surface area contributed by atoms with Gasteiger partial charge in [-0.3, -0.25) is 10.00 Å². The molecular formula is C16H27N5O3S. The van der Waals surface area contributed by atoms with Crippen LogP contribution in [0.15, 0.2) is 12.3 Å². The number of hydrogen-bond donors (Lipinski definition) is 1. The second kappa shape index (κ2) is 7.33. The summed E-state index contributed by atoms with van der Waals surface area (Å²) in [7, 11) is -1.45. The second-order valence-corrected chi connectivity index (χ2v) is 8.91. The SMILES string of the molecule is Cn1nccc1NC(=O)N1CCC[C@H](N(C2CCC2)S(C)(=O)=O)CC1. The van der Waals surface area contributed by atoms with Gasteiger partial charge >= 0.3 is 6.03 Å². The lowest BCUT2D eigenvalue weighted by Gasteiger charge is -2.40. The largest absolute Gasteiger partial charge is 0.324 e. The van der Waals surface area contributed by atoms with Gasteiger partial charge in [0, 0.05) is 38.3 Å². The molecule has 1 aromatic heterocycles. The zero-order valence-corrected chi connectivity index (χ0v) is 15.7. The summed E-state index contributed by atoms with van der Waals surface area (Å²) in [5.41, 5.74) is 0. The van der Waals surface area contributed by atoms with Crippen molar-refractivity contribution in [3.8, 4) is 0 Å². The Morgan fingerprint density at radius 1 is 1.20 bits per heavy atom. The van der Waals surface area contributed by atoms with Crippen LogP contribution in [0.2, 0.25) is 0 Å². The number of nitrogens with one attached hydrogen (secondary N) is 1. The van der Waals surface area contributed by atoms with E-state index in [0.29, 0.717) is 25.3 Å². The van der Waals surface area contributed by atoms with Crippen molar-refractivity contribution in [1.82, 2.24) is 19.0 Å². The van der Waals surface area contributed by atoms with Gasteiger partial charge in [0.2, 0.25) is 10.0 Å². The monoisotopic (exact) mass is 369 g/mol. The second-order valence-electron chi connectivity index (χ2n) is 7.02. The third-order valence-electron chi connectivity index (χ3n) is 5.22. The van der Waals surface area contributed by atoms with Gasteiger partial charge in [-0.2, -0.15) is 9.40 Å². The summed E-state index contributed by atoms with van der Waals surface area (Å²) in [5.74, 6) is 0.651. The molecular weight excluding hydrogens is 342 g/mol. The molecule has 1 aliphatic carbocycles. The maximum absolute atomic E-state index is 12.5. The number of anilines is 1. The number of hydrogen-bond acceptors (Lipinski definition) is 4. The Kier molecular flexibility index (Phi) is 5.33. The van der Waals surface area contributed by atoms with Gasteiger partial charge in [0.1, 0.15) is 5.82 Å². The molecule has 2 aliphatic rings. The predicted molar refractivity (Wildman–Crippen MR) is 95.8 cm³/mol. The van der Waals surface area contributed by atoms with Crippen LogP contribution in [0.5, 0.6) is 0 Å². The average Bonchev–Trinajstić information content (AvgIpc) is 2.75. The van der Waals surface area contributed by atoms with Crippen molar-refractivity contribution in [2.75, 3.05) is 24.7 Å². The molecule has 1 saturated carbocycles. The summed E-state index contributed by atoms with van der Waals surface area (Å²) in [4.78, 5) is 14.3. The fourth-order valence-electron chi connectivity index (χ4n) is 3.70. The number of amides is 2. The fourth-order valence-corrected chi connectivity index (χ4v) is 5.21. The molecule has 1 saturated heterocycles. The fraction of sp³-hybridized carbons (Fsp3) is 0.750. The molecule has 25 heavy (non-hydrogen) atoms. The van der Waals surface area contributed by atoms with Crippen molar-refractivity contribution in [3.63, 3.8) is 0 Å². The first-order valence-electron chi connectivity index (χ1n) is 8.88. The molecule has 2 amide bonds. The number of carbonyl (C=O) groups is 1. The van der Waals surface area contributed by atoms with E-state index in [-0.39, 0.29) is 18.1 Å². The molecule has 1 N–H and O–H groups in total. The summed E-state index contributed by atoms with van der Waals surface area (Å²) >= 11 is 0. The minimum atomic E-state index is -3.22. The van der Waals surface area contributed by atoms with Crippen LogP contribution in [0.3, 0.4) is 0 Å². The van der Waals surface area contributed by atoms with Gasteiger partial charge in [0.05, 0.1) is 12.5 Å². The first-order valence-corrected chi connectivity index (χ1v) is 10.7. The van der Waals surface area contributed by atoms with E-state index in [1.165, 1.54) is 6.26 Å². The molecule has 140 valence electrons. The van der Waals surface area contributed by atoms with Gasteiger partial charge in [0.15, 0.2) is 0 Å². The molecule has 9 heteroatoms. The van der Waals surface area contributed by atoms with E-state index in [0.717, 1.165) is 32.1 Å². The van der Waals surface area contributed by atoms with Crippen molar-refractivity contribution in [1.29, 1.82) is 0 Å². The zero-order chi connectivity index (χ0) is 18.0. The van der Waals surface area contributed by atoms with Crippen LogP contribution in [-0.4, -0.2) is 64.9 Å². The molecule has 2 heterocycles. The highest BCUT2D eigenvalue weighted by atomic mass is 32.2. The van der Waals surface area contributed by atoms with E-state index < -0.39 is 10.0 Å². The zero-order valence-electron chi connectivity index (χ0n) is 14.9. The highest BCUT2D eigenvalue weighted by molar-refractivity contribution is 7.88. The van der Waals surface area contributed by atoms with E-state index in [1.807, 2.05) is 0 Å². The number of urea groups is 1. The molecule has 2 fully saturated rings. The van der Waals surface area contributed by atoms with Gasteiger partial charge in [-0.15, -0.1) is 0 Å². The minimum Gasteiger partial charge on any atom is -0.324 e. The van der Waals surface area contributed by atoms with Crippen LogP contribution in [0.25, 0.3) is 0 Å². The predicted octanol–water partition coefficient (Wildman–Crippen LogP) is 1.62. The van der Waals surface area contributed by atoms with Crippen molar-refractivity contribution in [3.05, 3.63) is 12.3 Å². The number of nitrogens with zero attached hydrogens (tertiary/aromatic N) is 4. The van der Waals surface area contributed by atoms with Gasteiger partial charge in [-0.1, -0.05) is 6.42 Å². The van der Waals surface area contributed by atoms with E-state index >= 15 is 0 Å². The number of carbonyl (C=O) groups excluding carboxylic acids is 1. The lowest BCUT2D eigenvalue weighted by atomic mass is 9.91. The first-order chi connectivity index (χ1) is 11.9.